The molecule has 2 rings (SSSR count). The van der Waals surface area contributed by atoms with Crippen molar-refractivity contribution in [3.63, 3.8) is 0 Å². The minimum atomic E-state index is 0.228. The number of aryl methyl sites for hydroxylation is 1. The van der Waals surface area contributed by atoms with Gasteiger partial charge in [0.1, 0.15) is 5.82 Å². The van der Waals surface area contributed by atoms with Crippen LogP contribution < -0.4 is 10.6 Å². The number of aromatic nitrogens is 1. The number of rotatable bonds is 3. The maximum absolute atomic E-state index is 5.38. The molecule has 2 atom stereocenters. The van der Waals surface area contributed by atoms with Crippen molar-refractivity contribution in [2.45, 2.75) is 19.1 Å². The Labute approximate surface area is 90.0 Å². The largest absolute Gasteiger partial charge is 0.378 e. The Balaban J connectivity index is 2.05. The maximum Gasteiger partial charge on any atom is 0.129 e. The van der Waals surface area contributed by atoms with Crippen molar-refractivity contribution in [3.05, 3.63) is 23.9 Å². The first-order chi connectivity index (χ1) is 7.31. The SMILES string of the molecule is COC1CNCC1Nc1ncccc1C. The van der Waals surface area contributed by atoms with Gasteiger partial charge in [0.25, 0.3) is 0 Å². The number of hydrogen-bond acceptors (Lipinski definition) is 4. The Bertz CT molecular complexity index is 329. The van der Waals surface area contributed by atoms with Gasteiger partial charge in [-0.05, 0) is 18.6 Å². The van der Waals surface area contributed by atoms with Crippen LogP contribution in [0.1, 0.15) is 5.56 Å². The first-order valence-corrected chi connectivity index (χ1v) is 5.23. The minimum Gasteiger partial charge on any atom is -0.378 e. The highest BCUT2D eigenvalue weighted by atomic mass is 16.5. The zero-order valence-electron chi connectivity index (χ0n) is 9.16. The normalized spacial score (nSPS) is 25.5. The molecule has 1 aliphatic heterocycles. The summed E-state index contributed by atoms with van der Waals surface area (Å²) in [5.41, 5.74) is 1.17. The molecule has 0 aliphatic carbocycles. The molecule has 0 radical (unpaired) electrons. The van der Waals surface area contributed by atoms with E-state index < -0.39 is 0 Å². The van der Waals surface area contributed by atoms with E-state index in [9.17, 15) is 0 Å². The van der Waals surface area contributed by atoms with E-state index in [1.807, 2.05) is 6.07 Å². The fourth-order valence-corrected chi connectivity index (χ4v) is 1.86. The van der Waals surface area contributed by atoms with Crippen molar-refractivity contribution in [2.24, 2.45) is 0 Å². The van der Waals surface area contributed by atoms with Gasteiger partial charge in [-0.15, -0.1) is 0 Å². The summed E-state index contributed by atoms with van der Waals surface area (Å²) in [4.78, 5) is 4.32. The standard InChI is InChI=1S/C11H17N3O/c1-8-4-3-5-13-11(8)14-9-6-12-7-10(9)15-2/h3-5,9-10,12H,6-7H2,1-2H3,(H,13,14). The van der Waals surface area contributed by atoms with E-state index in [4.69, 9.17) is 4.74 Å². The lowest BCUT2D eigenvalue weighted by Gasteiger charge is -2.19. The van der Waals surface area contributed by atoms with Crippen molar-refractivity contribution >= 4 is 5.82 Å². The fourth-order valence-electron chi connectivity index (χ4n) is 1.86. The Morgan fingerprint density at radius 1 is 1.53 bits per heavy atom. The first kappa shape index (κ1) is 10.4. The summed E-state index contributed by atoms with van der Waals surface area (Å²) in [6, 6.07) is 4.31. The van der Waals surface area contributed by atoms with Gasteiger partial charge < -0.3 is 15.4 Å². The smallest absolute Gasteiger partial charge is 0.129 e. The third-order valence-electron chi connectivity index (χ3n) is 2.79. The molecular weight excluding hydrogens is 190 g/mol. The van der Waals surface area contributed by atoms with Crippen molar-refractivity contribution < 1.29 is 4.74 Å². The second kappa shape index (κ2) is 4.59. The van der Waals surface area contributed by atoms with E-state index in [1.54, 1.807) is 13.3 Å². The molecule has 1 aromatic rings. The van der Waals surface area contributed by atoms with Crippen molar-refractivity contribution in [1.29, 1.82) is 0 Å². The highest BCUT2D eigenvalue weighted by Gasteiger charge is 2.27. The Morgan fingerprint density at radius 3 is 3.13 bits per heavy atom. The molecule has 0 amide bonds. The van der Waals surface area contributed by atoms with Gasteiger partial charge in [0, 0.05) is 26.4 Å². The lowest BCUT2D eigenvalue weighted by molar-refractivity contribution is 0.111. The number of ether oxygens (including phenoxy) is 1. The molecule has 4 nitrogen and oxygen atoms in total. The summed E-state index contributed by atoms with van der Waals surface area (Å²) in [5, 5.41) is 6.71. The van der Waals surface area contributed by atoms with Crippen LogP contribution in [0.3, 0.4) is 0 Å². The molecule has 0 saturated carbocycles. The van der Waals surface area contributed by atoms with Crippen LogP contribution in [0.25, 0.3) is 0 Å². The Kier molecular flexibility index (Phi) is 3.18. The molecule has 0 bridgehead atoms. The van der Waals surface area contributed by atoms with Crippen LogP contribution in [-0.4, -0.2) is 37.3 Å². The van der Waals surface area contributed by atoms with E-state index in [0.29, 0.717) is 6.04 Å². The first-order valence-electron chi connectivity index (χ1n) is 5.23. The molecule has 2 N–H and O–H groups in total. The third kappa shape index (κ3) is 2.27. The summed E-state index contributed by atoms with van der Waals surface area (Å²) in [6.45, 7) is 3.88. The van der Waals surface area contributed by atoms with E-state index in [0.717, 1.165) is 18.9 Å². The number of nitrogens with zero attached hydrogens (tertiary/aromatic N) is 1. The Hall–Kier alpha value is -1.13. The van der Waals surface area contributed by atoms with Gasteiger partial charge in [0.15, 0.2) is 0 Å². The van der Waals surface area contributed by atoms with Crippen LogP contribution in [0, 0.1) is 6.92 Å². The van der Waals surface area contributed by atoms with Crippen molar-refractivity contribution in [3.8, 4) is 0 Å². The number of nitrogens with one attached hydrogen (secondary N) is 2. The summed E-state index contributed by atoms with van der Waals surface area (Å²) in [7, 11) is 1.75. The topological polar surface area (TPSA) is 46.2 Å². The average molecular weight is 207 g/mol. The molecule has 4 heteroatoms. The molecule has 1 aromatic heterocycles. The maximum atomic E-state index is 5.38. The molecule has 15 heavy (non-hydrogen) atoms. The fraction of sp³-hybridized carbons (Fsp3) is 0.545. The zero-order chi connectivity index (χ0) is 10.7. The van der Waals surface area contributed by atoms with Gasteiger partial charge in [-0.2, -0.15) is 0 Å². The van der Waals surface area contributed by atoms with E-state index >= 15 is 0 Å². The van der Waals surface area contributed by atoms with Crippen LogP contribution in [0.4, 0.5) is 5.82 Å². The Morgan fingerprint density at radius 2 is 2.40 bits per heavy atom. The van der Waals surface area contributed by atoms with E-state index in [1.165, 1.54) is 5.56 Å². The zero-order valence-corrected chi connectivity index (χ0v) is 9.16. The predicted molar refractivity (Wildman–Crippen MR) is 60.1 cm³/mol. The number of methoxy groups -OCH3 is 1. The van der Waals surface area contributed by atoms with Crippen molar-refractivity contribution in [1.82, 2.24) is 10.3 Å². The van der Waals surface area contributed by atoms with Crippen LogP contribution in [0.2, 0.25) is 0 Å². The van der Waals surface area contributed by atoms with Gasteiger partial charge in [-0.25, -0.2) is 4.98 Å². The molecule has 0 aromatic carbocycles. The molecule has 2 unspecified atom stereocenters. The average Bonchev–Trinajstić information content (AvgIpc) is 2.69. The van der Waals surface area contributed by atoms with Crippen LogP contribution in [-0.2, 0) is 4.74 Å². The molecule has 82 valence electrons. The van der Waals surface area contributed by atoms with Gasteiger partial charge >= 0.3 is 0 Å². The van der Waals surface area contributed by atoms with Crippen molar-refractivity contribution in [2.75, 3.05) is 25.5 Å². The quantitative estimate of drug-likeness (QED) is 0.769. The molecular formula is C11H17N3O. The highest BCUT2D eigenvalue weighted by molar-refractivity contribution is 5.44. The molecule has 1 saturated heterocycles. The summed E-state index contributed by atoms with van der Waals surface area (Å²) in [6.07, 6.45) is 2.03. The van der Waals surface area contributed by atoms with Crippen LogP contribution >= 0.6 is 0 Å². The summed E-state index contributed by atoms with van der Waals surface area (Å²) < 4.78 is 5.38. The molecule has 0 spiro atoms. The van der Waals surface area contributed by atoms with Crippen LogP contribution in [0.5, 0.6) is 0 Å². The number of hydrogen-bond donors (Lipinski definition) is 2. The minimum absolute atomic E-state index is 0.228. The van der Waals surface area contributed by atoms with Gasteiger partial charge in [0.2, 0.25) is 0 Å². The van der Waals surface area contributed by atoms with Gasteiger partial charge in [-0.1, -0.05) is 6.07 Å². The highest BCUT2D eigenvalue weighted by Crippen LogP contribution is 2.14. The number of pyridine rings is 1. The molecule has 1 fully saturated rings. The third-order valence-corrected chi connectivity index (χ3v) is 2.79. The van der Waals surface area contributed by atoms with E-state index in [2.05, 4.69) is 28.6 Å². The van der Waals surface area contributed by atoms with Crippen LogP contribution in [0.15, 0.2) is 18.3 Å². The monoisotopic (exact) mass is 207 g/mol. The molecule has 2 heterocycles. The second-order valence-corrected chi connectivity index (χ2v) is 3.85. The summed E-state index contributed by atoms with van der Waals surface area (Å²) in [5.74, 6) is 0.952. The predicted octanol–water partition coefficient (Wildman–Crippen LogP) is 0.789. The van der Waals surface area contributed by atoms with E-state index in [-0.39, 0.29) is 6.10 Å². The van der Waals surface area contributed by atoms with Gasteiger partial charge in [-0.3, -0.25) is 0 Å². The number of anilines is 1. The van der Waals surface area contributed by atoms with Gasteiger partial charge in [0.05, 0.1) is 12.1 Å². The lowest BCUT2D eigenvalue weighted by atomic mass is 10.2. The second-order valence-electron chi connectivity index (χ2n) is 3.85. The molecule has 1 aliphatic rings. The summed E-state index contributed by atoms with van der Waals surface area (Å²) >= 11 is 0. The lowest BCUT2D eigenvalue weighted by Crippen LogP contribution is -2.34.